The molecule has 27 heavy (non-hydrogen) atoms. The minimum Gasteiger partial charge on any atom is -0.452 e. The number of carbonyl (C=O) groups excluding carboxylic acids is 2. The molecular formula is C17H19F2NO6S. The Morgan fingerprint density at radius 3 is 2.52 bits per heavy atom. The van der Waals surface area contributed by atoms with E-state index in [1.54, 1.807) is 0 Å². The molecule has 1 fully saturated rings. The van der Waals surface area contributed by atoms with Crippen LogP contribution in [-0.4, -0.2) is 63.0 Å². The zero-order valence-electron chi connectivity index (χ0n) is 14.5. The van der Waals surface area contributed by atoms with E-state index >= 15 is 0 Å². The van der Waals surface area contributed by atoms with Crippen LogP contribution in [0.5, 0.6) is 5.75 Å². The molecule has 10 heteroatoms. The maximum Gasteiger partial charge on any atom is 0.387 e. The number of likely N-dealkylation sites (N-methyl/N-ethyl adjacent to an activating group) is 1. The van der Waals surface area contributed by atoms with E-state index in [0.717, 1.165) is 6.08 Å². The van der Waals surface area contributed by atoms with Gasteiger partial charge in [0, 0.05) is 19.2 Å². The molecule has 1 aromatic rings. The first-order valence-corrected chi connectivity index (χ1v) is 9.84. The fourth-order valence-electron chi connectivity index (χ4n) is 2.49. The van der Waals surface area contributed by atoms with Crippen molar-refractivity contribution >= 4 is 27.8 Å². The molecular weight excluding hydrogens is 384 g/mol. The van der Waals surface area contributed by atoms with Crippen molar-refractivity contribution in [2.75, 3.05) is 25.2 Å². The minimum atomic E-state index is -3.12. The molecule has 7 nitrogen and oxygen atoms in total. The molecule has 1 atom stereocenters. The standard InChI is InChI=1S/C17H19F2NO6S/c1-20(13-8-9-27(23,24)11-13)15(21)10-25-16(22)7-4-12-2-5-14(6-3-12)26-17(18)19/h2-7,13,17H,8-11H2,1H3/b7-4+/t13-/m0/s1. The third-order valence-electron chi connectivity index (χ3n) is 4.00. The first-order valence-electron chi connectivity index (χ1n) is 8.02. The zero-order chi connectivity index (χ0) is 20.0. The van der Waals surface area contributed by atoms with Gasteiger partial charge >= 0.3 is 12.6 Å². The van der Waals surface area contributed by atoms with Gasteiger partial charge in [-0.2, -0.15) is 8.78 Å². The third kappa shape index (κ3) is 6.63. The lowest BCUT2D eigenvalue weighted by Crippen LogP contribution is -2.40. The molecule has 1 heterocycles. The van der Waals surface area contributed by atoms with Crippen molar-refractivity contribution in [3.63, 3.8) is 0 Å². The molecule has 0 saturated carbocycles. The fraction of sp³-hybridized carbons (Fsp3) is 0.412. The van der Waals surface area contributed by atoms with Crippen LogP contribution in [0.25, 0.3) is 6.08 Å². The smallest absolute Gasteiger partial charge is 0.387 e. The highest BCUT2D eigenvalue weighted by molar-refractivity contribution is 7.91. The Kier molecular flexibility index (Phi) is 6.89. The van der Waals surface area contributed by atoms with Crippen LogP contribution in [0.3, 0.4) is 0 Å². The maximum absolute atomic E-state index is 12.1. The fourth-order valence-corrected chi connectivity index (χ4v) is 4.27. The van der Waals surface area contributed by atoms with Gasteiger partial charge in [-0.3, -0.25) is 4.79 Å². The summed E-state index contributed by atoms with van der Waals surface area (Å²) in [7, 11) is -1.65. The van der Waals surface area contributed by atoms with E-state index in [1.807, 2.05) is 0 Å². The molecule has 1 aliphatic heterocycles. The van der Waals surface area contributed by atoms with Gasteiger partial charge < -0.3 is 14.4 Å². The summed E-state index contributed by atoms with van der Waals surface area (Å²) in [5.74, 6) is -1.31. The second-order valence-corrected chi connectivity index (χ2v) is 8.18. The summed E-state index contributed by atoms with van der Waals surface area (Å²) in [6.07, 6.45) is 2.85. The maximum atomic E-state index is 12.1. The van der Waals surface area contributed by atoms with E-state index in [9.17, 15) is 26.8 Å². The average molecular weight is 403 g/mol. The summed E-state index contributed by atoms with van der Waals surface area (Å²) in [6.45, 7) is -3.42. The van der Waals surface area contributed by atoms with Gasteiger partial charge in [-0.25, -0.2) is 13.2 Å². The summed E-state index contributed by atoms with van der Waals surface area (Å²) in [5.41, 5.74) is 0.549. The minimum absolute atomic E-state index is 0.00714. The van der Waals surface area contributed by atoms with Crippen molar-refractivity contribution in [1.82, 2.24) is 4.90 Å². The monoisotopic (exact) mass is 403 g/mol. The number of rotatable bonds is 7. The second-order valence-electron chi connectivity index (χ2n) is 5.95. The zero-order valence-corrected chi connectivity index (χ0v) is 15.3. The molecule has 1 saturated heterocycles. The van der Waals surface area contributed by atoms with Crippen LogP contribution in [0.15, 0.2) is 30.3 Å². The van der Waals surface area contributed by atoms with Gasteiger partial charge in [0.1, 0.15) is 5.75 Å². The molecule has 0 radical (unpaired) electrons. The SMILES string of the molecule is CN(C(=O)COC(=O)/C=C/c1ccc(OC(F)F)cc1)[C@H]1CCS(=O)(=O)C1. The molecule has 0 N–H and O–H groups in total. The predicted octanol–water partition coefficient (Wildman–Crippen LogP) is 1.49. The first-order chi connectivity index (χ1) is 12.7. The van der Waals surface area contributed by atoms with Crippen LogP contribution in [0.1, 0.15) is 12.0 Å². The van der Waals surface area contributed by atoms with E-state index in [2.05, 4.69) is 4.74 Å². The van der Waals surface area contributed by atoms with Crippen LogP contribution in [0.2, 0.25) is 0 Å². The average Bonchev–Trinajstić information content (AvgIpc) is 2.97. The van der Waals surface area contributed by atoms with Gasteiger partial charge in [-0.15, -0.1) is 0 Å². The van der Waals surface area contributed by atoms with Gasteiger partial charge in [0.2, 0.25) is 0 Å². The summed E-state index contributed by atoms with van der Waals surface area (Å²) < 4.78 is 56.1. The Morgan fingerprint density at radius 2 is 1.96 bits per heavy atom. The van der Waals surface area contributed by atoms with Crippen molar-refractivity contribution in [3.05, 3.63) is 35.9 Å². The van der Waals surface area contributed by atoms with Crippen LogP contribution >= 0.6 is 0 Å². The highest BCUT2D eigenvalue weighted by Crippen LogP contribution is 2.17. The Labute approximate surface area is 155 Å². The summed E-state index contributed by atoms with van der Waals surface area (Å²) in [6, 6.07) is 5.18. The van der Waals surface area contributed by atoms with Gasteiger partial charge in [0.05, 0.1) is 11.5 Å². The number of carbonyl (C=O) groups is 2. The number of hydrogen-bond donors (Lipinski definition) is 0. The number of esters is 1. The van der Waals surface area contributed by atoms with Crippen molar-refractivity contribution < 1.29 is 36.3 Å². The molecule has 1 amide bonds. The van der Waals surface area contributed by atoms with Gasteiger partial charge in [-0.1, -0.05) is 12.1 Å². The Morgan fingerprint density at radius 1 is 1.30 bits per heavy atom. The molecule has 148 valence electrons. The number of nitrogens with zero attached hydrogens (tertiary/aromatic N) is 1. The number of benzene rings is 1. The van der Waals surface area contributed by atoms with E-state index in [-0.39, 0.29) is 17.3 Å². The Hall–Kier alpha value is -2.49. The largest absolute Gasteiger partial charge is 0.452 e. The quantitative estimate of drug-likeness (QED) is 0.506. The lowest BCUT2D eigenvalue weighted by molar-refractivity contribution is -0.148. The summed E-state index contributed by atoms with van der Waals surface area (Å²) in [4.78, 5) is 25.0. The third-order valence-corrected chi connectivity index (χ3v) is 5.75. The molecule has 1 aliphatic rings. The molecule has 0 bridgehead atoms. The lowest BCUT2D eigenvalue weighted by Gasteiger charge is -2.22. The predicted molar refractivity (Wildman–Crippen MR) is 92.9 cm³/mol. The number of hydrogen-bond acceptors (Lipinski definition) is 6. The highest BCUT2D eigenvalue weighted by atomic mass is 32.2. The number of sulfone groups is 1. The topological polar surface area (TPSA) is 90.0 Å². The molecule has 2 rings (SSSR count). The van der Waals surface area contributed by atoms with Crippen LogP contribution in [-0.2, 0) is 24.2 Å². The normalized spacial score (nSPS) is 18.6. The van der Waals surface area contributed by atoms with E-state index in [1.165, 1.54) is 42.3 Å². The first kappa shape index (κ1) is 20.8. The molecule has 0 spiro atoms. The van der Waals surface area contributed by atoms with Crippen LogP contribution in [0, 0.1) is 0 Å². The summed E-state index contributed by atoms with van der Waals surface area (Å²) >= 11 is 0. The van der Waals surface area contributed by atoms with Gasteiger partial charge in [0.25, 0.3) is 5.91 Å². The molecule has 0 aliphatic carbocycles. The van der Waals surface area contributed by atoms with E-state index < -0.39 is 41.0 Å². The van der Waals surface area contributed by atoms with Crippen molar-refractivity contribution in [2.45, 2.75) is 19.1 Å². The number of alkyl halides is 2. The Bertz CT molecular complexity index is 807. The highest BCUT2D eigenvalue weighted by Gasteiger charge is 2.32. The van der Waals surface area contributed by atoms with E-state index in [4.69, 9.17) is 4.74 Å². The second kappa shape index (κ2) is 8.94. The lowest BCUT2D eigenvalue weighted by atomic mass is 10.2. The molecule has 0 aromatic heterocycles. The van der Waals surface area contributed by atoms with Gasteiger partial charge in [0.15, 0.2) is 16.4 Å². The molecule has 1 aromatic carbocycles. The van der Waals surface area contributed by atoms with Gasteiger partial charge in [-0.05, 0) is 30.2 Å². The van der Waals surface area contributed by atoms with Crippen molar-refractivity contribution in [1.29, 1.82) is 0 Å². The van der Waals surface area contributed by atoms with E-state index in [0.29, 0.717) is 12.0 Å². The number of ether oxygens (including phenoxy) is 2. The van der Waals surface area contributed by atoms with Crippen molar-refractivity contribution in [3.8, 4) is 5.75 Å². The summed E-state index contributed by atoms with van der Waals surface area (Å²) in [5, 5.41) is 0. The number of amides is 1. The van der Waals surface area contributed by atoms with Crippen molar-refractivity contribution in [2.24, 2.45) is 0 Å². The number of halogens is 2. The Balaban J connectivity index is 1.79. The van der Waals surface area contributed by atoms with Crippen LogP contribution < -0.4 is 4.74 Å². The molecule has 0 unspecified atom stereocenters. The van der Waals surface area contributed by atoms with Crippen LogP contribution in [0.4, 0.5) is 8.78 Å².